The summed E-state index contributed by atoms with van der Waals surface area (Å²) in [5, 5.41) is 16.5. The Bertz CT molecular complexity index is 1690. The zero-order chi connectivity index (χ0) is 26.2. The first-order valence-corrected chi connectivity index (χ1v) is 12.8. The molecule has 0 saturated carbocycles. The Kier molecular flexibility index (Phi) is 6.13. The average molecular weight is 524 g/mol. The van der Waals surface area contributed by atoms with Crippen LogP contribution in [0.25, 0.3) is 17.0 Å². The molecule has 7 nitrogen and oxygen atoms in total. The van der Waals surface area contributed by atoms with Gasteiger partial charge in [-0.2, -0.15) is 15.1 Å². The predicted octanol–water partition coefficient (Wildman–Crippen LogP) is 5.84. The molecule has 6 rings (SSSR count). The van der Waals surface area contributed by atoms with Gasteiger partial charge in [0.05, 0.1) is 12.1 Å². The number of aromatic nitrogens is 1. The van der Waals surface area contributed by atoms with Crippen molar-refractivity contribution in [1.29, 1.82) is 5.41 Å². The molecule has 1 N–H and O–H groups in total. The van der Waals surface area contributed by atoms with E-state index in [1.807, 2.05) is 72.2 Å². The van der Waals surface area contributed by atoms with E-state index in [1.54, 1.807) is 18.2 Å². The Morgan fingerprint density at radius 2 is 1.76 bits per heavy atom. The van der Waals surface area contributed by atoms with E-state index in [4.69, 9.17) is 10.1 Å². The van der Waals surface area contributed by atoms with E-state index in [9.17, 15) is 9.18 Å². The maximum atomic E-state index is 14.5. The molecule has 9 heteroatoms. The molecule has 38 heavy (non-hydrogen) atoms. The van der Waals surface area contributed by atoms with Crippen LogP contribution in [0.1, 0.15) is 16.8 Å². The standard InChI is InChI=1S/C29H22FN5O2S/c1-18-22(21-12-6-8-14-25(21)34(18)16-19-9-5-7-13-24(19)30)15-23-27(31)35-29(32-28(23)36)38-26(33-35)17-37-20-10-3-2-4-11-20/h2-15,31H,16-17H2,1H3. The molecule has 3 heterocycles. The van der Waals surface area contributed by atoms with Gasteiger partial charge in [-0.25, -0.2) is 4.39 Å². The largest absolute Gasteiger partial charge is 0.487 e. The molecule has 3 aromatic carbocycles. The first kappa shape index (κ1) is 23.9. The van der Waals surface area contributed by atoms with Crippen molar-refractivity contribution in [3.05, 3.63) is 107 Å². The molecule has 1 aromatic heterocycles. The van der Waals surface area contributed by atoms with Crippen molar-refractivity contribution in [1.82, 2.24) is 9.58 Å². The quantitative estimate of drug-likeness (QED) is 0.322. The molecule has 2 aliphatic heterocycles. The number of benzene rings is 3. The number of rotatable bonds is 6. The van der Waals surface area contributed by atoms with Gasteiger partial charge < -0.3 is 9.30 Å². The summed E-state index contributed by atoms with van der Waals surface area (Å²) in [4.78, 5) is 17.3. The molecule has 0 fully saturated rings. The molecule has 0 bridgehead atoms. The van der Waals surface area contributed by atoms with Crippen LogP contribution in [0.2, 0.25) is 0 Å². The third kappa shape index (κ3) is 4.31. The number of para-hydroxylation sites is 2. The lowest BCUT2D eigenvalue weighted by atomic mass is 10.1. The van der Waals surface area contributed by atoms with Crippen LogP contribution in [0.15, 0.2) is 94.5 Å². The highest BCUT2D eigenvalue weighted by Gasteiger charge is 2.36. The molecular formula is C29H22FN5O2S. The Balaban J connectivity index is 1.33. The Morgan fingerprint density at radius 3 is 2.58 bits per heavy atom. The van der Waals surface area contributed by atoms with Crippen LogP contribution in [0.3, 0.4) is 0 Å². The fourth-order valence-corrected chi connectivity index (χ4v) is 5.34. The average Bonchev–Trinajstić information content (AvgIpc) is 3.46. The molecule has 0 atom stereocenters. The minimum atomic E-state index is -0.500. The summed E-state index contributed by atoms with van der Waals surface area (Å²) in [5.74, 6) is -0.115. The van der Waals surface area contributed by atoms with Crippen LogP contribution in [0.5, 0.6) is 5.75 Å². The normalized spacial score (nSPS) is 16.2. The number of thioether (sulfide) groups is 1. The minimum Gasteiger partial charge on any atom is -0.487 e. The monoisotopic (exact) mass is 523 g/mol. The van der Waals surface area contributed by atoms with Crippen molar-refractivity contribution in [2.45, 2.75) is 13.5 Å². The topological polar surface area (TPSA) is 83.0 Å². The molecule has 0 spiro atoms. The number of nitrogens with zero attached hydrogens (tertiary/aromatic N) is 4. The van der Waals surface area contributed by atoms with Crippen LogP contribution in [-0.2, 0) is 11.3 Å². The number of nitrogens with one attached hydrogen (secondary N) is 1. The van der Waals surface area contributed by atoms with Crippen LogP contribution < -0.4 is 4.74 Å². The van der Waals surface area contributed by atoms with E-state index >= 15 is 0 Å². The van der Waals surface area contributed by atoms with Crippen molar-refractivity contribution in [3.8, 4) is 5.75 Å². The van der Waals surface area contributed by atoms with E-state index in [1.165, 1.54) is 22.8 Å². The van der Waals surface area contributed by atoms with Gasteiger partial charge in [-0.1, -0.05) is 54.6 Å². The van der Waals surface area contributed by atoms with E-state index < -0.39 is 5.91 Å². The van der Waals surface area contributed by atoms with E-state index in [2.05, 4.69) is 10.1 Å². The SMILES string of the molecule is Cc1c(C=C2C(=N)N3N=C(COc4ccccc4)SC3=NC2=O)c2ccccc2n1Cc1ccccc1F. The van der Waals surface area contributed by atoms with Crippen LogP contribution in [-0.4, -0.2) is 38.1 Å². The zero-order valence-electron chi connectivity index (χ0n) is 20.4. The number of hydrazone groups is 1. The van der Waals surface area contributed by atoms with Gasteiger partial charge in [0.2, 0.25) is 5.17 Å². The molecule has 1 amide bonds. The summed E-state index contributed by atoms with van der Waals surface area (Å²) in [6.07, 6.45) is 1.69. The fraction of sp³-hybridized carbons (Fsp3) is 0.103. The number of hydrogen-bond acceptors (Lipinski definition) is 5. The molecular weight excluding hydrogens is 501 g/mol. The number of hydrogen-bond donors (Lipinski definition) is 1. The van der Waals surface area contributed by atoms with Crippen LogP contribution in [0.4, 0.5) is 4.39 Å². The second-order valence-electron chi connectivity index (χ2n) is 8.81. The van der Waals surface area contributed by atoms with Gasteiger partial charge in [0.25, 0.3) is 5.91 Å². The first-order chi connectivity index (χ1) is 18.5. The Morgan fingerprint density at radius 1 is 1.03 bits per heavy atom. The zero-order valence-corrected chi connectivity index (χ0v) is 21.2. The highest BCUT2D eigenvalue weighted by molar-refractivity contribution is 8.27. The van der Waals surface area contributed by atoms with Crippen molar-refractivity contribution in [2.75, 3.05) is 6.61 Å². The molecule has 0 radical (unpaired) electrons. The highest BCUT2D eigenvalue weighted by Crippen LogP contribution is 2.32. The third-order valence-corrected chi connectivity index (χ3v) is 7.34. The number of fused-ring (bicyclic) bond motifs is 2. The predicted molar refractivity (Wildman–Crippen MR) is 149 cm³/mol. The van der Waals surface area contributed by atoms with Gasteiger partial charge >= 0.3 is 0 Å². The maximum Gasteiger partial charge on any atom is 0.283 e. The summed E-state index contributed by atoms with van der Waals surface area (Å²) in [7, 11) is 0. The van der Waals surface area contributed by atoms with Crippen molar-refractivity contribution in [2.24, 2.45) is 10.1 Å². The summed E-state index contributed by atoms with van der Waals surface area (Å²) < 4.78 is 22.2. The molecule has 188 valence electrons. The maximum absolute atomic E-state index is 14.5. The number of carbonyl (C=O) groups is 1. The van der Waals surface area contributed by atoms with Gasteiger partial charge in [-0.05, 0) is 49.0 Å². The first-order valence-electron chi connectivity index (χ1n) is 12.0. The van der Waals surface area contributed by atoms with E-state index in [0.29, 0.717) is 28.1 Å². The summed E-state index contributed by atoms with van der Waals surface area (Å²) in [6, 6.07) is 23.8. The van der Waals surface area contributed by atoms with Crippen LogP contribution in [0, 0.1) is 18.2 Å². The Hall–Kier alpha value is -4.50. The van der Waals surface area contributed by atoms with Gasteiger partial charge in [-0.15, -0.1) is 0 Å². The van der Waals surface area contributed by atoms with E-state index in [0.717, 1.165) is 22.2 Å². The number of carbonyl (C=O) groups excluding carboxylic acids is 1. The lowest BCUT2D eigenvalue weighted by Gasteiger charge is -2.20. The smallest absolute Gasteiger partial charge is 0.283 e. The summed E-state index contributed by atoms with van der Waals surface area (Å²) >= 11 is 1.21. The molecule has 0 aliphatic carbocycles. The van der Waals surface area contributed by atoms with Crippen LogP contribution >= 0.6 is 11.8 Å². The number of ether oxygens (including phenoxy) is 1. The van der Waals surface area contributed by atoms with Gasteiger partial charge in [0.15, 0.2) is 5.84 Å². The molecule has 0 saturated heterocycles. The minimum absolute atomic E-state index is 0.0486. The molecule has 2 aliphatic rings. The second-order valence-corrected chi connectivity index (χ2v) is 9.85. The van der Waals surface area contributed by atoms with Gasteiger partial charge in [0, 0.05) is 27.7 Å². The third-order valence-electron chi connectivity index (χ3n) is 6.46. The van der Waals surface area contributed by atoms with Crippen molar-refractivity contribution in [3.63, 3.8) is 0 Å². The van der Waals surface area contributed by atoms with Crippen molar-refractivity contribution < 1.29 is 13.9 Å². The molecule has 4 aromatic rings. The fourth-order valence-electron chi connectivity index (χ4n) is 4.54. The lowest BCUT2D eigenvalue weighted by Crippen LogP contribution is -2.35. The van der Waals surface area contributed by atoms with E-state index in [-0.39, 0.29) is 23.8 Å². The summed E-state index contributed by atoms with van der Waals surface area (Å²) in [5.41, 5.74) is 3.26. The number of halogens is 1. The van der Waals surface area contributed by atoms with Gasteiger partial charge in [0.1, 0.15) is 23.2 Å². The lowest BCUT2D eigenvalue weighted by molar-refractivity contribution is -0.114. The Labute approximate surface area is 222 Å². The number of amides is 1. The second kappa shape index (κ2) is 9.75. The summed E-state index contributed by atoms with van der Waals surface area (Å²) in [6.45, 7) is 2.48. The van der Waals surface area contributed by atoms with Crippen molar-refractivity contribution >= 4 is 50.7 Å². The molecule has 0 unspecified atom stereocenters. The highest BCUT2D eigenvalue weighted by atomic mass is 32.2. The number of aliphatic imine (C=N–C) groups is 1. The number of amidine groups is 2. The van der Waals surface area contributed by atoms with Gasteiger partial charge in [-0.3, -0.25) is 10.2 Å².